The summed E-state index contributed by atoms with van der Waals surface area (Å²) in [6, 6.07) is 6.66. The zero-order chi connectivity index (χ0) is 10.6. The third-order valence-electron chi connectivity index (χ3n) is 2.50. The van der Waals surface area contributed by atoms with Crippen LogP contribution in [0, 0.1) is 31.6 Å². The first kappa shape index (κ1) is 10.9. The molecule has 0 heteroatoms. The lowest BCUT2D eigenvalue weighted by atomic mass is 9.98. The number of benzene rings is 1. The fraction of sp³-hybridized carbons (Fsp3) is 0.429. The van der Waals surface area contributed by atoms with E-state index in [9.17, 15) is 0 Å². The molecule has 0 aromatic heterocycles. The summed E-state index contributed by atoms with van der Waals surface area (Å²) < 4.78 is 0. The van der Waals surface area contributed by atoms with E-state index in [1.54, 1.807) is 0 Å². The van der Waals surface area contributed by atoms with Crippen LogP contribution in [0.25, 0.3) is 0 Å². The average molecular weight is 186 g/mol. The normalized spacial score (nSPS) is 11.7. The lowest BCUT2D eigenvalue weighted by molar-refractivity contribution is 0.749. The quantitative estimate of drug-likeness (QED) is 0.620. The van der Waals surface area contributed by atoms with E-state index in [-0.39, 0.29) is 0 Å². The summed E-state index contributed by atoms with van der Waals surface area (Å²) in [5, 5.41) is 0. The van der Waals surface area contributed by atoms with Crippen LogP contribution in [0.3, 0.4) is 0 Å². The minimum absolute atomic E-state index is 0.460. The van der Waals surface area contributed by atoms with Crippen LogP contribution in [0.4, 0.5) is 0 Å². The SMILES string of the molecule is CC#CC(C)Cc1ccc(C)c(C)c1. The maximum Gasteiger partial charge on any atom is 0.0214 e. The van der Waals surface area contributed by atoms with Crippen molar-refractivity contribution in [3.8, 4) is 11.8 Å². The molecule has 1 aromatic rings. The predicted molar refractivity (Wildman–Crippen MR) is 62.2 cm³/mol. The van der Waals surface area contributed by atoms with Crippen LogP contribution in [0.1, 0.15) is 30.5 Å². The third kappa shape index (κ3) is 2.92. The van der Waals surface area contributed by atoms with Crippen molar-refractivity contribution < 1.29 is 0 Å². The number of hydrogen-bond acceptors (Lipinski definition) is 0. The van der Waals surface area contributed by atoms with Crippen LogP contribution in [-0.2, 0) is 6.42 Å². The van der Waals surface area contributed by atoms with Gasteiger partial charge in [0.1, 0.15) is 0 Å². The number of aryl methyl sites for hydroxylation is 2. The standard InChI is InChI=1S/C14H18/c1-5-6-11(2)9-14-8-7-12(3)13(4)10-14/h7-8,10-11H,9H2,1-4H3. The maximum atomic E-state index is 3.18. The first-order chi connectivity index (χ1) is 6.63. The van der Waals surface area contributed by atoms with Crippen LogP contribution in [0.5, 0.6) is 0 Å². The molecule has 0 aliphatic carbocycles. The van der Waals surface area contributed by atoms with E-state index in [0.29, 0.717) is 5.92 Å². The van der Waals surface area contributed by atoms with E-state index in [2.05, 4.69) is 50.8 Å². The van der Waals surface area contributed by atoms with Crippen LogP contribution < -0.4 is 0 Å². The van der Waals surface area contributed by atoms with E-state index in [1.165, 1.54) is 16.7 Å². The Balaban J connectivity index is 2.76. The highest BCUT2D eigenvalue weighted by atomic mass is 14.1. The van der Waals surface area contributed by atoms with Gasteiger partial charge < -0.3 is 0 Å². The summed E-state index contributed by atoms with van der Waals surface area (Å²) in [5.74, 6) is 6.60. The van der Waals surface area contributed by atoms with E-state index >= 15 is 0 Å². The molecule has 14 heavy (non-hydrogen) atoms. The van der Waals surface area contributed by atoms with Gasteiger partial charge >= 0.3 is 0 Å². The van der Waals surface area contributed by atoms with E-state index in [0.717, 1.165) is 6.42 Å². The molecular formula is C14H18. The van der Waals surface area contributed by atoms with Crippen molar-refractivity contribution in [2.75, 3.05) is 0 Å². The van der Waals surface area contributed by atoms with Crippen molar-refractivity contribution in [3.05, 3.63) is 34.9 Å². The fourth-order valence-corrected chi connectivity index (χ4v) is 1.58. The Bertz CT molecular complexity index is 363. The maximum absolute atomic E-state index is 3.18. The Morgan fingerprint density at radius 3 is 2.50 bits per heavy atom. The lowest BCUT2D eigenvalue weighted by Gasteiger charge is -2.07. The lowest BCUT2D eigenvalue weighted by Crippen LogP contribution is -1.97. The van der Waals surface area contributed by atoms with Gasteiger partial charge in [0, 0.05) is 5.92 Å². The molecule has 0 aliphatic rings. The van der Waals surface area contributed by atoms with Crippen LogP contribution in [0.15, 0.2) is 18.2 Å². The van der Waals surface area contributed by atoms with Crippen LogP contribution >= 0.6 is 0 Å². The Hall–Kier alpha value is -1.22. The Morgan fingerprint density at radius 2 is 1.93 bits per heavy atom. The van der Waals surface area contributed by atoms with Gasteiger partial charge in [-0.1, -0.05) is 25.1 Å². The van der Waals surface area contributed by atoms with Gasteiger partial charge in [-0.3, -0.25) is 0 Å². The minimum Gasteiger partial charge on any atom is -0.106 e. The molecule has 0 radical (unpaired) electrons. The predicted octanol–water partition coefficient (Wildman–Crippen LogP) is 3.51. The minimum atomic E-state index is 0.460. The molecule has 0 bridgehead atoms. The second kappa shape index (κ2) is 4.86. The molecule has 0 fully saturated rings. The summed E-state index contributed by atoms with van der Waals surface area (Å²) in [7, 11) is 0. The van der Waals surface area contributed by atoms with E-state index in [4.69, 9.17) is 0 Å². The molecule has 1 atom stereocenters. The molecule has 0 spiro atoms. The summed E-state index contributed by atoms with van der Waals surface area (Å²) in [4.78, 5) is 0. The smallest absolute Gasteiger partial charge is 0.0214 e. The number of rotatable bonds is 2. The second-order valence-electron chi connectivity index (χ2n) is 3.92. The van der Waals surface area contributed by atoms with Crippen molar-refractivity contribution in [2.45, 2.75) is 34.1 Å². The molecule has 0 saturated heterocycles. The highest BCUT2D eigenvalue weighted by Crippen LogP contribution is 2.13. The van der Waals surface area contributed by atoms with E-state index in [1.807, 2.05) is 6.92 Å². The van der Waals surface area contributed by atoms with Crippen molar-refractivity contribution in [3.63, 3.8) is 0 Å². The second-order valence-corrected chi connectivity index (χ2v) is 3.92. The van der Waals surface area contributed by atoms with Crippen molar-refractivity contribution in [1.29, 1.82) is 0 Å². The van der Waals surface area contributed by atoms with Gasteiger partial charge in [-0.25, -0.2) is 0 Å². The summed E-state index contributed by atoms with van der Waals surface area (Å²) in [6.07, 6.45) is 1.06. The van der Waals surface area contributed by atoms with E-state index < -0.39 is 0 Å². The van der Waals surface area contributed by atoms with Gasteiger partial charge in [0.25, 0.3) is 0 Å². The molecule has 0 nitrogen and oxygen atoms in total. The third-order valence-corrected chi connectivity index (χ3v) is 2.50. The molecular weight excluding hydrogens is 168 g/mol. The summed E-state index contributed by atoms with van der Waals surface area (Å²) in [5.41, 5.74) is 4.13. The van der Waals surface area contributed by atoms with Gasteiger partial charge in [-0.15, -0.1) is 11.8 Å². The Labute approximate surface area is 87.4 Å². The van der Waals surface area contributed by atoms with Crippen LogP contribution in [0.2, 0.25) is 0 Å². The van der Waals surface area contributed by atoms with Crippen molar-refractivity contribution >= 4 is 0 Å². The molecule has 1 rings (SSSR count). The first-order valence-electron chi connectivity index (χ1n) is 5.12. The van der Waals surface area contributed by atoms with Crippen molar-refractivity contribution in [2.24, 2.45) is 5.92 Å². The molecule has 0 amide bonds. The van der Waals surface area contributed by atoms with Crippen LogP contribution in [-0.4, -0.2) is 0 Å². The molecule has 0 N–H and O–H groups in total. The largest absolute Gasteiger partial charge is 0.106 e. The summed E-state index contributed by atoms with van der Waals surface area (Å²) in [6.45, 7) is 8.38. The molecule has 0 saturated carbocycles. The molecule has 0 heterocycles. The Kier molecular flexibility index (Phi) is 3.77. The fourth-order valence-electron chi connectivity index (χ4n) is 1.58. The molecule has 1 aromatic carbocycles. The van der Waals surface area contributed by atoms with Gasteiger partial charge in [0.05, 0.1) is 0 Å². The summed E-state index contributed by atoms with van der Waals surface area (Å²) >= 11 is 0. The average Bonchev–Trinajstić information content (AvgIpc) is 2.12. The molecule has 74 valence electrons. The monoisotopic (exact) mass is 186 g/mol. The van der Waals surface area contributed by atoms with Crippen molar-refractivity contribution in [1.82, 2.24) is 0 Å². The highest BCUT2D eigenvalue weighted by molar-refractivity contribution is 5.30. The highest BCUT2D eigenvalue weighted by Gasteiger charge is 2.01. The zero-order valence-electron chi connectivity index (χ0n) is 9.52. The molecule has 1 unspecified atom stereocenters. The van der Waals surface area contributed by atoms with Gasteiger partial charge in [0.2, 0.25) is 0 Å². The van der Waals surface area contributed by atoms with Gasteiger partial charge in [0.15, 0.2) is 0 Å². The topological polar surface area (TPSA) is 0 Å². The van der Waals surface area contributed by atoms with Gasteiger partial charge in [-0.05, 0) is 43.9 Å². The molecule has 0 aliphatic heterocycles. The zero-order valence-corrected chi connectivity index (χ0v) is 9.52. The van der Waals surface area contributed by atoms with Gasteiger partial charge in [-0.2, -0.15) is 0 Å². The number of hydrogen-bond donors (Lipinski definition) is 0. The first-order valence-corrected chi connectivity index (χ1v) is 5.12. The Morgan fingerprint density at radius 1 is 1.21 bits per heavy atom.